The van der Waals surface area contributed by atoms with Gasteiger partial charge in [0.25, 0.3) is 0 Å². The van der Waals surface area contributed by atoms with E-state index < -0.39 is 12.0 Å². The zero-order chi connectivity index (χ0) is 14.0. The van der Waals surface area contributed by atoms with E-state index in [0.29, 0.717) is 18.3 Å². The fourth-order valence-electron chi connectivity index (χ4n) is 2.12. The highest BCUT2D eigenvalue weighted by molar-refractivity contribution is 5.17. The third-order valence-corrected chi connectivity index (χ3v) is 3.35. The van der Waals surface area contributed by atoms with Gasteiger partial charge in [0, 0.05) is 49.7 Å². The van der Waals surface area contributed by atoms with Crippen molar-refractivity contribution in [3.05, 3.63) is 23.3 Å². The summed E-state index contributed by atoms with van der Waals surface area (Å²) in [5, 5.41) is 3.27. The molecular formula is C12H17F3N4. The Balaban J connectivity index is 2.13. The Morgan fingerprint density at radius 3 is 2.79 bits per heavy atom. The van der Waals surface area contributed by atoms with Crippen LogP contribution in [0.15, 0.2) is 6.20 Å². The largest absolute Gasteiger partial charge is 0.451 e. The minimum absolute atomic E-state index is 0.357. The van der Waals surface area contributed by atoms with Gasteiger partial charge >= 0.3 is 6.18 Å². The smallest absolute Gasteiger partial charge is 0.314 e. The molecule has 0 bridgehead atoms. The van der Waals surface area contributed by atoms with Crippen molar-refractivity contribution in [3.8, 4) is 0 Å². The van der Waals surface area contributed by atoms with Crippen LogP contribution in [0.4, 0.5) is 13.2 Å². The van der Waals surface area contributed by atoms with Crippen molar-refractivity contribution in [2.24, 2.45) is 0 Å². The van der Waals surface area contributed by atoms with Crippen LogP contribution >= 0.6 is 0 Å². The molecule has 0 spiro atoms. The Morgan fingerprint density at radius 2 is 2.21 bits per heavy atom. The van der Waals surface area contributed by atoms with Crippen LogP contribution in [0.1, 0.15) is 24.0 Å². The van der Waals surface area contributed by atoms with Gasteiger partial charge in [0.2, 0.25) is 5.82 Å². The molecule has 0 saturated carbocycles. The summed E-state index contributed by atoms with van der Waals surface area (Å²) in [6.45, 7) is 6.94. The highest BCUT2D eigenvalue weighted by Crippen LogP contribution is 2.26. The molecule has 0 radical (unpaired) electrons. The molecule has 1 aromatic heterocycles. The Bertz CT molecular complexity index is 447. The summed E-state index contributed by atoms with van der Waals surface area (Å²) in [7, 11) is 0. The first-order valence-corrected chi connectivity index (χ1v) is 6.22. The van der Waals surface area contributed by atoms with E-state index in [2.05, 4.69) is 27.1 Å². The molecule has 7 heteroatoms. The van der Waals surface area contributed by atoms with Gasteiger partial charge in [0.1, 0.15) is 0 Å². The zero-order valence-corrected chi connectivity index (χ0v) is 11.0. The molecule has 1 atom stereocenters. The van der Waals surface area contributed by atoms with Crippen molar-refractivity contribution >= 4 is 0 Å². The highest BCUT2D eigenvalue weighted by atomic mass is 19.4. The van der Waals surface area contributed by atoms with Crippen LogP contribution in [-0.2, 0) is 12.7 Å². The zero-order valence-electron chi connectivity index (χ0n) is 11.0. The number of alkyl halides is 3. The molecule has 4 nitrogen and oxygen atoms in total. The van der Waals surface area contributed by atoms with Crippen molar-refractivity contribution in [2.75, 3.05) is 19.6 Å². The van der Waals surface area contributed by atoms with E-state index in [1.807, 2.05) is 0 Å². The highest BCUT2D eigenvalue weighted by Gasteiger charge is 2.35. The molecule has 106 valence electrons. The third-order valence-electron chi connectivity index (χ3n) is 3.35. The SMILES string of the molecule is Cc1nc(C(F)(F)F)ncc1CN1CCNC[C@@H]1C. The summed E-state index contributed by atoms with van der Waals surface area (Å²) < 4.78 is 37.4. The molecule has 2 heterocycles. The van der Waals surface area contributed by atoms with E-state index >= 15 is 0 Å². The molecule has 0 amide bonds. The summed E-state index contributed by atoms with van der Waals surface area (Å²) in [5.41, 5.74) is 1.15. The van der Waals surface area contributed by atoms with Crippen LogP contribution in [-0.4, -0.2) is 40.5 Å². The first-order chi connectivity index (χ1) is 8.88. The first kappa shape index (κ1) is 14.2. The maximum Gasteiger partial charge on any atom is 0.451 e. The molecule has 0 aliphatic carbocycles. The topological polar surface area (TPSA) is 41.1 Å². The quantitative estimate of drug-likeness (QED) is 0.889. The molecule has 0 aromatic carbocycles. The number of hydrogen-bond acceptors (Lipinski definition) is 4. The van der Waals surface area contributed by atoms with E-state index in [9.17, 15) is 13.2 Å². The lowest BCUT2D eigenvalue weighted by Crippen LogP contribution is -2.49. The minimum Gasteiger partial charge on any atom is -0.314 e. The number of aromatic nitrogens is 2. The first-order valence-electron chi connectivity index (χ1n) is 6.22. The van der Waals surface area contributed by atoms with Crippen LogP contribution in [0.2, 0.25) is 0 Å². The molecule has 1 aliphatic rings. The van der Waals surface area contributed by atoms with Crippen LogP contribution in [0, 0.1) is 6.92 Å². The lowest BCUT2D eigenvalue weighted by Gasteiger charge is -2.34. The lowest BCUT2D eigenvalue weighted by molar-refractivity contribution is -0.145. The molecule has 19 heavy (non-hydrogen) atoms. The van der Waals surface area contributed by atoms with Crippen LogP contribution in [0.3, 0.4) is 0 Å². The van der Waals surface area contributed by atoms with Gasteiger partial charge < -0.3 is 5.32 Å². The summed E-state index contributed by atoms with van der Waals surface area (Å²) in [5.74, 6) is -1.07. The maximum absolute atomic E-state index is 12.5. The van der Waals surface area contributed by atoms with E-state index in [-0.39, 0.29) is 0 Å². The average molecular weight is 274 g/mol. The fraction of sp³-hybridized carbons (Fsp3) is 0.667. The van der Waals surface area contributed by atoms with Crippen LogP contribution in [0.5, 0.6) is 0 Å². The Hall–Kier alpha value is -1.21. The van der Waals surface area contributed by atoms with Gasteiger partial charge in [0.15, 0.2) is 0 Å². The van der Waals surface area contributed by atoms with Gasteiger partial charge in [-0.25, -0.2) is 9.97 Å². The average Bonchev–Trinajstić information content (AvgIpc) is 2.33. The third kappa shape index (κ3) is 3.42. The van der Waals surface area contributed by atoms with E-state index in [0.717, 1.165) is 25.2 Å². The van der Waals surface area contributed by atoms with Crippen molar-refractivity contribution in [1.29, 1.82) is 0 Å². The van der Waals surface area contributed by atoms with Crippen molar-refractivity contribution in [3.63, 3.8) is 0 Å². The number of halogens is 3. The van der Waals surface area contributed by atoms with E-state index in [1.54, 1.807) is 6.92 Å². The molecule has 0 unspecified atom stereocenters. The summed E-state index contributed by atoms with van der Waals surface area (Å²) >= 11 is 0. The molecule has 1 saturated heterocycles. The fourth-order valence-corrected chi connectivity index (χ4v) is 2.12. The second-order valence-electron chi connectivity index (χ2n) is 4.83. The molecule has 1 fully saturated rings. The van der Waals surface area contributed by atoms with Gasteiger partial charge in [-0.05, 0) is 13.8 Å². The van der Waals surface area contributed by atoms with Crippen LogP contribution in [0.25, 0.3) is 0 Å². The summed E-state index contributed by atoms with van der Waals surface area (Å²) in [6.07, 6.45) is -3.19. The van der Waals surface area contributed by atoms with Gasteiger partial charge in [-0.15, -0.1) is 0 Å². The predicted octanol–water partition coefficient (Wildman–Crippen LogP) is 1.60. The molecule has 1 aliphatic heterocycles. The molecular weight excluding hydrogens is 257 g/mol. The standard InChI is InChI=1S/C12H17F3N4/c1-8-5-16-3-4-19(8)7-10-6-17-11(12(13,14)15)18-9(10)2/h6,8,16H,3-5,7H2,1-2H3/t8-/m0/s1. The van der Waals surface area contributed by atoms with Gasteiger partial charge in [0.05, 0.1) is 0 Å². The summed E-state index contributed by atoms with van der Waals surface area (Å²) in [6, 6.07) is 0.357. The predicted molar refractivity (Wildman–Crippen MR) is 64.5 cm³/mol. The van der Waals surface area contributed by atoms with Crippen molar-refractivity contribution in [2.45, 2.75) is 32.6 Å². The number of aryl methyl sites for hydroxylation is 1. The Labute approximate surface area is 110 Å². The lowest BCUT2D eigenvalue weighted by atomic mass is 10.1. The van der Waals surface area contributed by atoms with Crippen molar-refractivity contribution in [1.82, 2.24) is 20.2 Å². The second-order valence-corrected chi connectivity index (χ2v) is 4.83. The number of piperazine rings is 1. The van der Waals surface area contributed by atoms with Gasteiger partial charge in [-0.2, -0.15) is 13.2 Å². The summed E-state index contributed by atoms with van der Waals surface area (Å²) in [4.78, 5) is 9.20. The van der Waals surface area contributed by atoms with E-state index in [4.69, 9.17) is 0 Å². The maximum atomic E-state index is 12.5. The van der Waals surface area contributed by atoms with Gasteiger partial charge in [-0.1, -0.05) is 0 Å². The van der Waals surface area contributed by atoms with E-state index in [1.165, 1.54) is 6.20 Å². The molecule has 1 aromatic rings. The normalized spacial score (nSPS) is 21.6. The number of rotatable bonds is 2. The Morgan fingerprint density at radius 1 is 1.47 bits per heavy atom. The molecule has 2 rings (SSSR count). The minimum atomic E-state index is -4.48. The number of nitrogens with one attached hydrogen (secondary N) is 1. The van der Waals surface area contributed by atoms with Crippen LogP contribution < -0.4 is 5.32 Å². The molecule has 1 N–H and O–H groups in total. The second kappa shape index (κ2) is 5.42. The number of nitrogens with zero attached hydrogens (tertiary/aromatic N) is 3. The van der Waals surface area contributed by atoms with Gasteiger partial charge in [-0.3, -0.25) is 4.90 Å². The van der Waals surface area contributed by atoms with Crippen molar-refractivity contribution < 1.29 is 13.2 Å². The number of hydrogen-bond donors (Lipinski definition) is 1. The monoisotopic (exact) mass is 274 g/mol. The Kier molecular flexibility index (Phi) is 4.05.